The molecule has 0 aliphatic heterocycles. The third kappa shape index (κ3) is 2.49. The Hall–Kier alpha value is -1.65. The van der Waals surface area contributed by atoms with Gasteiger partial charge in [0.15, 0.2) is 5.82 Å². The van der Waals surface area contributed by atoms with Gasteiger partial charge in [-0.2, -0.15) is 0 Å². The lowest BCUT2D eigenvalue weighted by Gasteiger charge is -2.07. The van der Waals surface area contributed by atoms with Gasteiger partial charge in [0, 0.05) is 17.7 Å². The summed E-state index contributed by atoms with van der Waals surface area (Å²) in [6.45, 7) is 0. The standard InChI is InChI=1S/C14H10Cl2N2O2/c15-10-4-3-8(5-11(10)16)13-17-6-9(14(19)20)12(18-13)7-1-2-7/h3-7H,1-2H2,(H,19,20). The van der Waals surface area contributed by atoms with Crippen molar-refractivity contribution < 1.29 is 9.90 Å². The minimum Gasteiger partial charge on any atom is -0.478 e. The predicted octanol–water partition coefficient (Wildman–Crippen LogP) is 4.03. The minimum atomic E-state index is -0.993. The van der Waals surface area contributed by atoms with E-state index in [9.17, 15) is 4.79 Å². The van der Waals surface area contributed by atoms with Gasteiger partial charge >= 0.3 is 5.97 Å². The first-order valence-corrected chi connectivity index (χ1v) is 6.87. The fraction of sp³-hybridized carbons (Fsp3) is 0.214. The molecule has 0 unspecified atom stereocenters. The van der Waals surface area contributed by atoms with Gasteiger partial charge in [0.25, 0.3) is 0 Å². The van der Waals surface area contributed by atoms with Crippen molar-refractivity contribution in [2.24, 2.45) is 0 Å². The Kier molecular flexibility index (Phi) is 3.36. The van der Waals surface area contributed by atoms with Gasteiger partial charge in [-0.1, -0.05) is 23.2 Å². The molecule has 3 rings (SSSR count). The molecule has 1 aromatic carbocycles. The van der Waals surface area contributed by atoms with E-state index in [2.05, 4.69) is 9.97 Å². The molecule has 0 saturated heterocycles. The Morgan fingerprint density at radius 1 is 1.25 bits per heavy atom. The van der Waals surface area contributed by atoms with Gasteiger partial charge in [0.2, 0.25) is 0 Å². The molecule has 0 atom stereocenters. The van der Waals surface area contributed by atoms with E-state index in [4.69, 9.17) is 28.3 Å². The van der Waals surface area contributed by atoms with Crippen molar-refractivity contribution in [1.29, 1.82) is 0 Å². The Bertz CT molecular complexity index is 700. The highest BCUT2D eigenvalue weighted by molar-refractivity contribution is 6.42. The molecule has 20 heavy (non-hydrogen) atoms. The number of hydrogen-bond donors (Lipinski definition) is 1. The molecule has 0 bridgehead atoms. The lowest BCUT2D eigenvalue weighted by Crippen LogP contribution is -2.06. The van der Waals surface area contributed by atoms with Gasteiger partial charge in [-0.25, -0.2) is 14.8 Å². The van der Waals surface area contributed by atoms with E-state index >= 15 is 0 Å². The fourth-order valence-corrected chi connectivity index (χ4v) is 2.30. The molecule has 1 aliphatic rings. The number of carboxylic acids is 1. The third-order valence-electron chi connectivity index (χ3n) is 3.19. The van der Waals surface area contributed by atoms with Crippen molar-refractivity contribution in [2.75, 3.05) is 0 Å². The number of aromatic nitrogens is 2. The topological polar surface area (TPSA) is 63.1 Å². The number of carboxylic acid groups (broad SMARTS) is 1. The van der Waals surface area contributed by atoms with Crippen molar-refractivity contribution in [3.8, 4) is 11.4 Å². The normalized spacial score (nSPS) is 14.3. The summed E-state index contributed by atoms with van der Waals surface area (Å²) in [6.07, 6.45) is 3.30. The molecule has 1 heterocycles. The van der Waals surface area contributed by atoms with E-state index in [1.54, 1.807) is 18.2 Å². The predicted molar refractivity (Wildman–Crippen MR) is 76.4 cm³/mol. The van der Waals surface area contributed by atoms with Gasteiger partial charge in [-0.05, 0) is 31.0 Å². The molecule has 0 amide bonds. The minimum absolute atomic E-state index is 0.177. The summed E-state index contributed by atoms with van der Waals surface area (Å²) >= 11 is 11.9. The van der Waals surface area contributed by atoms with Crippen LogP contribution < -0.4 is 0 Å². The maximum Gasteiger partial charge on any atom is 0.339 e. The SMILES string of the molecule is O=C(O)c1cnc(-c2ccc(Cl)c(Cl)c2)nc1C1CC1. The zero-order valence-corrected chi connectivity index (χ0v) is 11.8. The smallest absolute Gasteiger partial charge is 0.339 e. The quantitative estimate of drug-likeness (QED) is 0.930. The number of carbonyl (C=O) groups is 1. The monoisotopic (exact) mass is 308 g/mol. The van der Waals surface area contributed by atoms with Crippen molar-refractivity contribution in [3.05, 3.63) is 45.7 Å². The van der Waals surface area contributed by atoms with E-state index in [1.165, 1.54) is 6.20 Å². The number of benzene rings is 1. The van der Waals surface area contributed by atoms with Gasteiger partial charge in [-0.15, -0.1) is 0 Å². The summed E-state index contributed by atoms with van der Waals surface area (Å²) in [5, 5.41) is 10.0. The molecular weight excluding hydrogens is 299 g/mol. The molecule has 1 saturated carbocycles. The summed E-state index contributed by atoms with van der Waals surface area (Å²) < 4.78 is 0. The Balaban J connectivity index is 2.08. The van der Waals surface area contributed by atoms with E-state index in [1.807, 2.05) is 0 Å². The van der Waals surface area contributed by atoms with Crippen molar-refractivity contribution in [2.45, 2.75) is 18.8 Å². The van der Waals surface area contributed by atoms with Gasteiger partial charge in [0.05, 0.1) is 21.3 Å². The maximum atomic E-state index is 11.2. The summed E-state index contributed by atoms with van der Waals surface area (Å²) in [7, 11) is 0. The lowest BCUT2D eigenvalue weighted by atomic mass is 10.1. The Morgan fingerprint density at radius 2 is 2.00 bits per heavy atom. The summed E-state index contributed by atoms with van der Waals surface area (Å²) in [6, 6.07) is 5.11. The van der Waals surface area contributed by atoms with Crippen molar-refractivity contribution >= 4 is 29.2 Å². The summed E-state index contributed by atoms with van der Waals surface area (Å²) in [5.74, 6) is -0.298. The van der Waals surface area contributed by atoms with Crippen LogP contribution in [0.25, 0.3) is 11.4 Å². The molecule has 1 aliphatic carbocycles. The zero-order chi connectivity index (χ0) is 14.3. The maximum absolute atomic E-state index is 11.2. The van der Waals surface area contributed by atoms with Crippen LogP contribution in [0.3, 0.4) is 0 Å². The first-order chi connectivity index (χ1) is 9.56. The molecule has 102 valence electrons. The second-order valence-corrected chi connectivity index (χ2v) is 5.52. The number of halogens is 2. The highest BCUT2D eigenvalue weighted by Crippen LogP contribution is 2.41. The fourth-order valence-electron chi connectivity index (χ4n) is 2.00. The number of rotatable bonds is 3. The first-order valence-electron chi connectivity index (χ1n) is 6.12. The second kappa shape index (κ2) is 5.04. The summed E-state index contributed by atoms with van der Waals surface area (Å²) in [4.78, 5) is 19.7. The average molecular weight is 309 g/mol. The Morgan fingerprint density at radius 3 is 2.60 bits per heavy atom. The third-order valence-corrected chi connectivity index (χ3v) is 3.93. The van der Waals surface area contributed by atoms with Crippen LogP contribution in [0.5, 0.6) is 0 Å². The number of nitrogens with zero attached hydrogens (tertiary/aromatic N) is 2. The molecule has 0 radical (unpaired) electrons. The molecule has 0 spiro atoms. The molecule has 1 aromatic heterocycles. The van der Waals surface area contributed by atoms with E-state index < -0.39 is 5.97 Å². The lowest BCUT2D eigenvalue weighted by molar-refractivity contribution is 0.0694. The summed E-state index contributed by atoms with van der Waals surface area (Å²) in [5.41, 5.74) is 1.50. The van der Waals surface area contributed by atoms with Crippen LogP contribution in [-0.4, -0.2) is 21.0 Å². The van der Waals surface area contributed by atoms with Gasteiger partial charge in [-0.3, -0.25) is 0 Å². The highest BCUT2D eigenvalue weighted by atomic mass is 35.5. The molecular formula is C14H10Cl2N2O2. The molecule has 4 nitrogen and oxygen atoms in total. The van der Waals surface area contributed by atoms with E-state index in [0.717, 1.165) is 18.4 Å². The molecule has 2 aromatic rings. The van der Waals surface area contributed by atoms with Crippen molar-refractivity contribution in [1.82, 2.24) is 9.97 Å². The first kappa shape index (κ1) is 13.3. The second-order valence-electron chi connectivity index (χ2n) is 4.70. The number of aromatic carboxylic acids is 1. The van der Waals surface area contributed by atoms with Crippen LogP contribution in [0.4, 0.5) is 0 Å². The number of hydrogen-bond acceptors (Lipinski definition) is 3. The molecule has 6 heteroatoms. The van der Waals surface area contributed by atoms with Crippen molar-refractivity contribution in [3.63, 3.8) is 0 Å². The van der Waals surface area contributed by atoms with Crippen LogP contribution in [0.2, 0.25) is 10.0 Å². The zero-order valence-electron chi connectivity index (χ0n) is 10.3. The molecule has 1 fully saturated rings. The van der Waals surface area contributed by atoms with Crippen LogP contribution in [0.15, 0.2) is 24.4 Å². The largest absolute Gasteiger partial charge is 0.478 e. The van der Waals surface area contributed by atoms with Crippen LogP contribution in [0, 0.1) is 0 Å². The average Bonchev–Trinajstić information content (AvgIpc) is 3.25. The highest BCUT2D eigenvalue weighted by Gasteiger charge is 2.30. The van der Waals surface area contributed by atoms with Crippen LogP contribution >= 0.6 is 23.2 Å². The molecule has 1 N–H and O–H groups in total. The van der Waals surface area contributed by atoms with E-state index in [-0.39, 0.29) is 11.5 Å². The van der Waals surface area contributed by atoms with Crippen LogP contribution in [0.1, 0.15) is 34.8 Å². The van der Waals surface area contributed by atoms with Crippen LogP contribution in [-0.2, 0) is 0 Å². The Labute approximate surface area is 125 Å². The van der Waals surface area contributed by atoms with Gasteiger partial charge in [0.1, 0.15) is 0 Å². The van der Waals surface area contributed by atoms with E-state index in [0.29, 0.717) is 21.6 Å². The van der Waals surface area contributed by atoms with Gasteiger partial charge < -0.3 is 5.11 Å².